The topological polar surface area (TPSA) is 35.2 Å². The lowest BCUT2D eigenvalue weighted by molar-refractivity contribution is 0.474. The molecular formula is C13H10Cl2FNO. The van der Waals surface area contributed by atoms with Crippen LogP contribution in [-0.2, 0) is 6.54 Å². The smallest absolute Gasteiger partial charge is 0.132 e. The molecule has 0 aliphatic heterocycles. The maximum Gasteiger partial charge on any atom is 0.132 e. The average molecular weight is 286 g/mol. The predicted molar refractivity (Wildman–Crippen MR) is 70.8 cm³/mol. The summed E-state index contributed by atoms with van der Waals surface area (Å²) >= 11 is 11.7. The lowest BCUT2D eigenvalue weighted by atomic mass is 10.2. The van der Waals surface area contributed by atoms with Gasteiger partial charge in [0.05, 0.1) is 0 Å². The van der Waals surface area contributed by atoms with Crippen LogP contribution in [0, 0.1) is 5.82 Å². The Bertz CT molecular complexity index is 555. The zero-order valence-corrected chi connectivity index (χ0v) is 10.8. The van der Waals surface area contributed by atoms with Crippen LogP contribution < -0.4 is 10.5 Å². The van der Waals surface area contributed by atoms with Crippen molar-refractivity contribution in [1.29, 1.82) is 0 Å². The predicted octanol–water partition coefficient (Wildman–Crippen LogP) is 4.38. The Balaban J connectivity index is 2.33. The standard InChI is InChI=1S/C13H10Cl2FNO/c14-9-4-10(15)6-12(5-9)18-13-2-1-11(16)3-8(13)7-17/h1-6H,7,17H2. The van der Waals surface area contributed by atoms with Crippen LogP contribution in [0.15, 0.2) is 36.4 Å². The molecule has 0 atom stereocenters. The summed E-state index contributed by atoms with van der Waals surface area (Å²) in [4.78, 5) is 0. The van der Waals surface area contributed by atoms with Crippen LogP contribution in [0.25, 0.3) is 0 Å². The Morgan fingerprint density at radius 3 is 2.33 bits per heavy atom. The van der Waals surface area contributed by atoms with Crippen molar-refractivity contribution in [3.05, 3.63) is 57.8 Å². The highest BCUT2D eigenvalue weighted by atomic mass is 35.5. The Hall–Kier alpha value is -1.29. The number of ether oxygens (including phenoxy) is 1. The fourth-order valence-corrected chi connectivity index (χ4v) is 2.03. The molecule has 94 valence electrons. The molecular weight excluding hydrogens is 276 g/mol. The summed E-state index contributed by atoms with van der Waals surface area (Å²) in [5.74, 6) is 0.609. The lowest BCUT2D eigenvalue weighted by Crippen LogP contribution is -2.00. The monoisotopic (exact) mass is 285 g/mol. The van der Waals surface area contributed by atoms with E-state index in [1.165, 1.54) is 18.2 Å². The summed E-state index contributed by atoms with van der Waals surface area (Å²) < 4.78 is 18.6. The molecule has 0 spiro atoms. The maximum absolute atomic E-state index is 13.0. The molecule has 0 saturated heterocycles. The van der Waals surface area contributed by atoms with Gasteiger partial charge in [0, 0.05) is 22.2 Å². The molecule has 2 N–H and O–H groups in total. The van der Waals surface area contributed by atoms with Gasteiger partial charge in [0.1, 0.15) is 17.3 Å². The molecule has 0 aliphatic carbocycles. The normalized spacial score (nSPS) is 10.4. The molecule has 0 bridgehead atoms. The largest absolute Gasteiger partial charge is 0.457 e. The molecule has 0 saturated carbocycles. The summed E-state index contributed by atoms with van der Waals surface area (Å²) in [6.45, 7) is 0.182. The molecule has 0 aliphatic rings. The molecule has 0 radical (unpaired) electrons. The van der Waals surface area contributed by atoms with Crippen molar-refractivity contribution < 1.29 is 9.13 Å². The number of benzene rings is 2. The van der Waals surface area contributed by atoms with Gasteiger partial charge in [-0.05, 0) is 36.4 Å². The van der Waals surface area contributed by atoms with E-state index in [4.69, 9.17) is 33.7 Å². The number of rotatable bonds is 3. The average Bonchev–Trinajstić information content (AvgIpc) is 2.30. The van der Waals surface area contributed by atoms with Crippen molar-refractivity contribution >= 4 is 23.2 Å². The van der Waals surface area contributed by atoms with Gasteiger partial charge >= 0.3 is 0 Å². The van der Waals surface area contributed by atoms with E-state index in [0.717, 1.165) is 0 Å². The Morgan fingerprint density at radius 1 is 1.06 bits per heavy atom. The van der Waals surface area contributed by atoms with E-state index in [0.29, 0.717) is 27.1 Å². The van der Waals surface area contributed by atoms with Crippen molar-refractivity contribution in [3.8, 4) is 11.5 Å². The minimum atomic E-state index is -0.355. The van der Waals surface area contributed by atoms with E-state index in [9.17, 15) is 4.39 Å². The fraction of sp³-hybridized carbons (Fsp3) is 0.0769. The van der Waals surface area contributed by atoms with Gasteiger partial charge in [0.15, 0.2) is 0 Å². The van der Waals surface area contributed by atoms with Gasteiger partial charge in [-0.25, -0.2) is 4.39 Å². The van der Waals surface area contributed by atoms with Crippen molar-refractivity contribution in [2.75, 3.05) is 0 Å². The lowest BCUT2D eigenvalue weighted by Gasteiger charge is -2.10. The molecule has 2 aromatic rings. The van der Waals surface area contributed by atoms with Gasteiger partial charge in [-0.15, -0.1) is 0 Å². The van der Waals surface area contributed by atoms with Gasteiger partial charge in [-0.2, -0.15) is 0 Å². The van der Waals surface area contributed by atoms with Crippen molar-refractivity contribution in [2.24, 2.45) is 5.73 Å². The molecule has 5 heteroatoms. The highest BCUT2D eigenvalue weighted by Gasteiger charge is 2.06. The second-order valence-corrected chi connectivity index (χ2v) is 4.54. The van der Waals surface area contributed by atoms with E-state index >= 15 is 0 Å². The first-order valence-electron chi connectivity index (χ1n) is 5.21. The number of halogens is 3. The summed E-state index contributed by atoms with van der Waals surface area (Å²) in [6, 6.07) is 9.01. The Labute approximate surface area is 114 Å². The van der Waals surface area contributed by atoms with E-state index in [-0.39, 0.29) is 12.4 Å². The quantitative estimate of drug-likeness (QED) is 0.908. The first-order chi connectivity index (χ1) is 8.58. The van der Waals surface area contributed by atoms with Gasteiger partial charge in [-0.1, -0.05) is 23.2 Å². The number of hydrogen-bond donors (Lipinski definition) is 1. The third kappa shape index (κ3) is 3.13. The second-order valence-electron chi connectivity index (χ2n) is 3.66. The summed E-state index contributed by atoms with van der Waals surface area (Å²) in [5.41, 5.74) is 6.11. The molecule has 2 aromatic carbocycles. The maximum atomic E-state index is 13.0. The summed E-state index contributed by atoms with van der Waals surface area (Å²) in [5, 5.41) is 0.933. The van der Waals surface area contributed by atoms with E-state index < -0.39 is 0 Å². The fourth-order valence-electron chi connectivity index (χ4n) is 1.52. The molecule has 0 unspecified atom stereocenters. The second kappa shape index (κ2) is 5.57. The minimum absolute atomic E-state index is 0.182. The van der Waals surface area contributed by atoms with Gasteiger partial charge in [-0.3, -0.25) is 0 Å². The van der Waals surface area contributed by atoms with E-state index in [1.54, 1.807) is 18.2 Å². The number of hydrogen-bond acceptors (Lipinski definition) is 2. The van der Waals surface area contributed by atoms with Crippen LogP contribution in [0.2, 0.25) is 10.0 Å². The first-order valence-corrected chi connectivity index (χ1v) is 5.96. The van der Waals surface area contributed by atoms with Crippen LogP contribution in [0.4, 0.5) is 4.39 Å². The highest BCUT2D eigenvalue weighted by Crippen LogP contribution is 2.30. The van der Waals surface area contributed by atoms with Crippen LogP contribution in [0.1, 0.15) is 5.56 Å². The Kier molecular flexibility index (Phi) is 4.07. The minimum Gasteiger partial charge on any atom is -0.457 e. The van der Waals surface area contributed by atoms with Gasteiger partial charge in [0.25, 0.3) is 0 Å². The van der Waals surface area contributed by atoms with Crippen LogP contribution in [0.5, 0.6) is 11.5 Å². The highest BCUT2D eigenvalue weighted by molar-refractivity contribution is 6.34. The zero-order chi connectivity index (χ0) is 13.1. The SMILES string of the molecule is NCc1cc(F)ccc1Oc1cc(Cl)cc(Cl)c1. The van der Waals surface area contributed by atoms with Gasteiger partial charge < -0.3 is 10.5 Å². The van der Waals surface area contributed by atoms with E-state index in [2.05, 4.69) is 0 Å². The van der Waals surface area contributed by atoms with Crippen molar-refractivity contribution in [1.82, 2.24) is 0 Å². The van der Waals surface area contributed by atoms with Crippen LogP contribution >= 0.6 is 23.2 Å². The zero-order valence-electron chi connectivity index (χ0n) is 9.29. The van der Waals surface area contributed by atoms with Crippen molar-refractivity contribution in [3.63, 3.8) is 0 Å². The van der Waals surface area contributed by atoms with Crippen LogP contribution in [-0.4, -0.2) is 0 Å². The molecule has 2 rings (SSSR count). The molecule has 18 heavy (non-hydrogen) atoms. The summed E-state index contributed by atoms with van der Waals surface area (Å²) in [7, 11) is 0. The molecule has 0 heterocycles. The van der Waals surface area contributed by atoms with Crippen LogP contribution in [0.3, 0.4) is 0 Å². The Morgan fingerprint density at radius 2 is 1.72 bits per heavy atom. The van der Waals surface area contributed by atoms with Crippen molar-refractivity contribution in [2.45, 2.75) is 6.54 Å². The molecule has 0 fully saturated rings. The number of nitrogens with two attached hydrogens (primary N) is 1. The molecule has 0 amide bonds. The first kappa shape index (κ1) is 13.1. The molecule has 0 aromatic heterocycles. The third-order valence-corrected chi connectivity index (χ3v) is 2.74. The third-order valence-electron chi connectivity index (χ3n) is 2.31. The summed E-state index contributed by atoms with van der Waals surface area (Å²) in [6.07, 6.45) is 0. The molecule has 2 nitrogen and oxygen atoms in total. The van der Waals surface area contributed by atoms with Gasteiger partial charge in [0.2, 0.25) is 0 Å². The van der Waals surface area contributed by atoms with E-state index in [1.807, 2.05) is 0 Å².